The average molecular weight is 308 g/mol. The largest absolute Gasteiger partial charge is 0.306 e. The van der Waals surface area contributed by atoms with Crippen molar-refractivity contribution in [2.75, 3.05) is 12.0 Å². The molecule has 1 heterocycles. The van der Waals surface area contributed by atoms with Crippen LogP contribution in [0.15, 0.2) is 6.07 Å². The van der Waals surface area contributed by atoms with Crippen LogP contribution in [-0.4, -0.2) is 26.5 Å². The molecule has 0 amide bonds. The summed E-state index contributed by atoms with van der Waals surface area (Å²) in [5, 5.41) is 3.41. The molecule has 0 aliphatic heterocycles. The van der Waals surface area contributed by atoms with E-state index in [1.54, 1.807) is 11.3 Å². The summed E-state index contributed by atoms with van der Waals surface area (Å²) < 4.78 is 23.4. The first-order valence-corrected chi connectivity index (χ1v) is 9.32. The van der Waals surface area contributed by atoms with Crippen molar-refractivity contribution in [1.82, 2.24) is 5.32 Å². The second kappa shape index (κ2) is 5.49. The number of hydrogen-bond donors (Lipinski definition) is 1. The van der Waals surface area contributed by atoms with Crippen molar-refractivity contribution in [2.45, 2.75) is 38.3 Å². The fourth-order valence-corrected chi connectivity index (χ4v) is 4.93. The number of halogens is 1. The van der Waals surface area contributed by atoms with Gasteiger partial charge >= 0.3 is 0 Å². The molecule has 3 nitrogen and oxygen atoms in total. The molecule has 0 radical (unpaired) electrons. The van der Waals surface area contributed by atoms with Gasteiger partial charge in [-0.3, -0.25) is 0 Å². The lowest BCUT2D eigenvalue weighted by molar-refractivity contribution is 0.425. The first-order valence-electron chi connectivity index (χ1n) is 6.07. The van der Waals surface area contributed by atoms with E-state index in [1.807, 2.05) is 13.0 Å². The third-order valence-corrected chi connectivity index (χ3v) is 5.57. The predicted octanol–water partition coefficient (Wildman–Crippen LogP) is 2.80. The lowest BCUT2D eigenvalue weighted by Gasteiger charge is -2.26. The molecule has 102 valence electrons. The van der Waals surface area contributed by atoms with Gasteiger partial charge in [0.1, 0.15) is 9.84 Å². The molecule has 2 atom stereocenters. The zero-order valence-electron chi connectivity index (χ0n) is 10.6. The number of aryl methyl sites for hydroxylation is 1. The van der Waals surface area contributed by atoms with Crippen molar-refractivity contribution in [1.29, 1.82) is 0 Å². The molecule has 1 N–H and O–H groups in total. The summed E-state index contributed by atoms with van der Waals surface area (Å²) in [6.45, 7) is 1.92. The van der Waals surface area contributed by atoms with Crippen LogP contribution in [0.5, 0.6) is 0 Å². The summed E-state index contributed by atoms with van der Waals surface area (Å²) in [6, 6.07) is 2.23. The molecular formula is C12H18ClNO2S2. The van der Waals surface area contributed by atoms with Crippen molar-refractivity contribution in [3.8, 4) is 0 Å². The summed E-state index contributed by atoms with van der Waals surface area (Å²) in [5.74, 6) is 0.177. The molecule has 1 aliphatic rings. The van der Waals surface area contributed by atoms with Gasteiger partial charge in [-0.25, -0.2) is 8.42 Å². The maximum absolute atomic E-state index is 11.3. The number of sulfone groups is 1. The Labute approximate surface area is 117 Å². The lowest BCUT2D eigenvalue weighted by Crippen LogP contribution is -2.36. The second-order valence-corrected chi connectivity index (χ2v) is 8.99. The number of fused-ring (bicyclic) bond motifs is 1. The van der Waals surface area contributed by atoms with E-state index in [2.05, 4.69) is 5.32 Å². The Kier molecular flexibility index (Phi) is 4.36. The highest BCUT2D eigenvalue weighted by Gasteiger charge is 2.24. The lowest BCUT2D eigenvalue weighted by atomic mass is 9.93. The van der Waals surface area contributed by atoms with E-state index in [-0.39, 0.29) is 17.8 Å². The molecule has 0 spiro atoms. The van der Waals surface area contributed by atoms with Crippen LogP contribution < -0.4 is 5.32 Å². The normalized spacial score (nSPS) is 21.6. The van der Waals surface area contributed by atoms with Gasteiger partial charge in [0, 0.05) is 23.2 Å². The van der Waals surface area contributed by atoms with Crippen LogP contribution >= 0.6 is 22.9 Å². The molecule has 1 aromatic heterocycles. The quantitative estimate of drug-likeness (QED) is 0.930. The minimum absolute atomic E-state index is 0.0328. The minimum atomic E-state index is -2.93. The maximum Gasteiger partial charge on any atom is 0.148 e. The van der Waals surface area contributed by atoms with Gasteiger partial charge in [0.05, 0.1) is 10.1 Å². The Morgan fingerprint density at radius 3 is 3.00 bits per heavy atom. The molecule has 0 fully saturated rings. The highest BCUT2D eigenvalue weighted by Crippen LogP contribution is 2.37. The summed E-state index contributed by atoms with van der Waals surface area (Å²) in [4.78, 5) is 1.34. The Bertz CT molecular complexity index is 524. The molecule has 0 aromatic carbocycles. The summed E-state index contributed by atoms with van der Waals surface area (Å²) in [7, 11) is -2.93. The van der Waals surface area contributed by atoms with Crippen LogP contribution in [0.2, 0.25) is 4.34 Å². The molecule has 0 saturated carbocycles. The van der Waals surface area contributed by atoms with E-state index in [9.17, 15) is 8.42 Å². The van der Waals surface area contributed by atoms with Gasteiger partial charge in [-0.2, -0.15) is 0 Å². The van der Waals surface area contributed by atoms with Gasteiger partial charge in [-0.15, -0.1) is 11.3 Å². The van der Waals surface area contributed by atoms with Gasteiger partial charge in [0.2, 0.25) is 0 Å². The third kappa shape index (κ3) is 3.70. The van der Waals surface area contributed by atoms with Crippen LogP contribution in [0.4, 0.5) is 0 Å². The van der Waals surface area contributed by atoms with Crippen molar-refractivity contribution in [3.63, 3.8) is 0 Å². The molecule has 2 unspecified atom stereocenters. The summed E-state index contributed by atoms with van der Waals surface area (Å²) >= 11 is 7.70. The minimum Gasteiger partial charge on any atom is -0.306 e. The number of hydrogen-bond acceptors (Lipinski definition) is 4. The number of rotatable bonds is 4. The van der Waals surface area contributed by atoms with E-state index in [4.69, 9.17) is 11.6 Å². The van der Waals surface area contributed by atoms with Crippen molar-refractivity contribution >= 4 is 32.8 Å². The van der Waals surface area contributed by atoms with E-state index >= 15 is 0 Å². The Morgan fingerprint density at radius 1 is 1.61 bits per heavy atom. The highest BCUT2D eigenvalue weighted by molar-refractivity contribution is 7.90. The third-order valence-electron chi connectivity index (χ3n) is 3.12. The van der Waals surface area contributed by atoms with Gasteiger partial charge in [-0.05, 0) is 37.8 Å². The smallest absolute Gasteiger partial charge is 0.148 e. The van der Waals surface area contributed by atoms with Crippen molar-refractivity contribution in [2.24, 2.45) is 0 Å². The number of nitrogens with one attached hydrogen (secondary N) is 1. The van der Waals surface area contributed by atoms with Crippen molar-refractivity contribution < 1.29 is 8.42 Å². The zero-order chi connectivity index (χ0) is 13.3. The zero-order valence-corrected chi connectivity index (χ0v) is 13.0. The van der Waals surface area contributed by atoms with Gasteiger partial charge in [0.25, 0.3) is 0 Å². The fourth-order valence-electron chi connectivity index (χ4n) is 2.54. The van der Waals surface area contributed by atoms with E-state index in [0.717, 1.165) is 23.6 Å². The molecule has 1 aliphatic carbocycles. The van der Waals surface area contributed by atoms with E-state index in [0.29, 0.717) is 0 Å². The molecule has 0 bridgehead atoms. The van der Waals surface area contributed by atoms with Crippen LogP contribution in [0.25, 0.3) is 0 Å². The monoisotopic (exact) mass is 307 g/mol. The topological polar surface area (TPSA) is 46.2 Å². The molecular weight excluding hydrogens is 290 g/mol. The summed E-state index contributed by atoms with van der Waals surface area (Å²) in [5.41, 5.74) is 1.26. The standard InChI is InChI=1S/C12H18ClNO2S2/c1-8(7-18(2,15)16)14-10-4-3-5-11-9(10)6-12(13)17-11/h6,8,10,14H,3-5,7H2,1-2H3. The predicted molar refractivity (Wildman–Crippen MR) is 77.3 cm³/mol. The molecule has 0 saturated heterocycles. The van der Waals surface area contributed by atoms with Crippen LogP contribution in [-0.2, 0) is 16.3 Å². The molecule has 2 rings (SSSR count). The molecule has 1 aromatic rings. The Morgan fingerprint density at radius 2 is 2.33 bits per heavy atom. The first kappa shape index (κ1) is 14.3. The molecule has 18 heavy (non-hydrogen) atoms. The fraction of sp³-hybridized carbons (Fsp3) is 0.667. The van der Waals surface area contributed by atoms with E-state index in [1.165, 1.54) is 16.7 Å². The van der Waals surface area contributed by atoms with Gasteiger partial charge in [0.15, 0.2) is 0 Å². The van der Waals surface area contributed by atoms with Crippen molar-refractivity contribution in [3.05, 3.63) is 20.8 Å². The second-order valence-electron chi connectivity index (χ2n) is 5.03. The van der Waals surface area contributed by atoms with E-state index < -0.39 is 9.84 Å². The average Bonchev–Trinajstić information content (AvgIpc) is 2.56. The van der Waals surface area contributed by atoms with Crippen LogP contribution in [0.1, 0.15) is 36.2 Å². The van der Waals surface area contributed by atoms with Gasteiger partial charge in [-0.1, -0.05) is 11.6 Å². The maximum atomic E-state index is 11.3. The Balaban J connectivity index is 2.07. The number of thiophene rings is 1. The van der Waals surface area contributed by atoms with Crippen LogP contribution in [0, 0.1) is 0 Å². The molecule has 6 heteroatoms. The highest BCUT2D eigenvalue weighted by atomic mass is 35.5. The van der Waals surface area contributed by atoms with Crippen LogP contribution in [0.3, 0.4) is 0 Å². The summed E-state index contributed by atoms with van der Waals surface area (Å²) in [6.07, 6.45) is 4.55. The SMILES string of the molecule is CC(CS(C)(=O)=O)NC1CCCc2sc(Cl)cc21. The Hall–Kier alpha value is -0.100. The van der Waals surface area contributed by atoms with Gasteiger partial charge < -0.3 is 5.32 Å². The first-order chi connectivity index (χ1) is 8.35.